The van der Waals surface area contributed by atoms with Crippen LogP contribution in [0.25, 0.3) is 0 Å². The Kier molecular flexibility index (Phi) is 32.2. The Morgan fingerprint density at radius 1 is 0.714 bits per heavy atom. The van der Waals surface area contributed by atoms with Gasteiger partial charge in [-0.25, -0.2) is 0 Å². The molecule has 0 aromatic rings. The summed E-state index contributed by atoms with van der Waals surface area (Å²) in [6.45, 7) is 12.1. The van der Waals surface area contributed by atoms with E-state index in [4.69, 9.17) is 0 Å². The summed E-state index contributed by atoms with van der Waals surface area (Å²) in [5.41, 5.74) is 0. The average Bonchev–Trinajstić information content (AvgIpc) is 2.16. The SMILES string of the molecule is CCC.CCCC.CCCCN(C)C. The third kappa shape index (κ3) is 58.4. The lowest BCUT2D eigenvalue weighted by atomic mass is 10.3. The Morgan fingerprint density at radius 3 is 1.14 bits per heavy atom. The smallest absolute Gasteiger partial charge is 0.00249 e. The first-order chi connectivity index (χ1) is 6.60. The van der Waals surface area contributed by atoms with Crippen LogP contribution in [0.3, 0.4) is 0 Å². The van der Waals surface area contributed by atoms with Gasteiger partial charge in [0.1, 0.15) is 0 Å². The molecule has 90 valence electrons. The lowest BCUT2D eigenvalue weighted by Gasteiger charge is -2.05. The molecule has 0 aromatic heterocycles. The maximum absolute atomic E-state index is 2.21. The van der Waals surface area contributed by atoms with Crippen LogP contribution in [0.5, 0.6) is 0 Å². The first-order valence-corrected chi connectivity index (χ1v) is 6.25. The van der Waals surface area contributed by atoms with Gasteiger partial charge in [-0.2, -0.15) is 0 Å². The minimum Gasteiger partial charge on any atom is -0.309 e. The van der Waals surface area contributed by atoms with Gasteiger partial charge in [-0.15, -0.1) is 0 Å². The van der Waals surface area contributed by atoms with E-state index in [9.17, 15) is 0 Å². The van der Waals surface area contributed by atoms with E-state index in [0.717, 1.165) is 0 Å². The normalized spacial score (nSPS) is 8.57. The maximum atomic E-state index is 2.21. The fraction of sp³-hybridized carbons (Fsp3) is 1.00. The molecule has 0 rings (SSSR count). The van der Waals surface area contributed by atoms with E-state index in [1.165, 1.54) is 38.6 Å². The van der Waals surface area contributed by atoms with Crippen molar-refractivity contribution < 1.29 is 0 Å². The van der Waals surface area contributed by atoms with Crippen molar-refractivity contribution in [3.05, 3.63) is 0 Å². The largest absolute Gasteiger partial charge is 0.309 e. The van der Waals surface area contributed by atoms with Gasteiger partial charge < -0.3 is 4.90 Å². The summed E-state index contributed by atoms with van der Waals surface area (Å²) in [6.07, 6.45) is 6.52. The Balaban J connectivity index is -0.000000147. The van der Waals surface area contributed by atoms with Crippen LogP contribution in [0.15, 0.2) is 0 Å². The summed E-state index contributed by atoms with van der Waals surface area (Å²) in [4.78, 5) is 2.21. The first-order valence-electron chi connectivity index (χ1n) is 6.25. The van der Waals surface area contributed by atoms with E-state index in [1.54, 1.807) is 0 Å². The van der Waals surface area contributed by atoms with Crippen molar-refractivity contribution in [2.24, 2.45) is 0 Å². The standard InChI is InChI=1S/C6H15N.C4H10.C3H8/c1-4-5-6-7(2)3;1-3-4-2;1-3-2/h4-6H2,1-3H3;3-4H2,1-2H3;3H2,1-2H3. The van der Waals surface area contributed by atoms with Crippen LogP contribution in [-0.2, 0) is 0 Å². The Labute approximate surface area is 92.9 Å². The molecule has 0 saturated carbocycles. The molecule has 0 unspecified atom stereocenters. The fourth-order valence-electron chi connectivity index (χ4n) is 0.474. The molecular weight excluding hydrogens is 170 g/mol. The number of hydrogen-bond acceptors (Lipinski definition) is 1. The van der Waals surface area contributed by atoms with Gasteiger partial charge in [-0.05, 0) is 27.1 Å². The summed E-state index contributed by atoms with van der Waals surface area (Å²) in [7, 11) is 4.21. The molecule has 0 fully saturated rings. The Hall–Kier alpha value is -0.0400. The minimum atomic E-state index is 1.23. The highest BCUT2D eigenvalue weighted by atomic mass is 15.0. The van der Waals surface area contributed by atoms with Gasteiger partial charge in [0.2, 0.25) is 0 Å². The molecule has 1 heteroatoms. The topological polar surface area (TPSA) is 3.24 Å². The summed E-state index contributed by atoms with van der Waals surface area (Å²) in [5, 5.41) is 0. The average molecular weight is 203 g/mol. The van der Waals surface area contributed by atoms with Gasteiger partial charge in [0, 0.05) is 0 Å². The lowest BCUT2D eigenvalue weighted by molar-refractivity contribution is 0.398. The minimum absolute atomic E-state index is 1.23. The summed E-state index contributed by atoms with van der Waals surface area (Å²) in [5.74, 6) is 0. The highest BCUT2D eigenvalue weighted by Crippen LogP contribution is 1.86. The van der Waals surface area contributed by atoms with Crippen LogP contribution in [0.2, 0.25) is 0 Å². The highest BCUT2D eigenvalue weighted by Gasteiger charge is 1.83. The van der Waals surface area contributed by atoms with E-state index in [2.05, 4.69) is 53.6 Å². The van der Waals surface area contributed by atoms with Crippen molar-refractivity contribution in [3.8, 4) is 0 Å². The molecule has 0 N–H and O–H groups in total. The highest BCUT2D eigenvalue weighted by molar-refractivity contribution is 4.39. The van der Waals surface area contributed by atoms with Crippen LogP contribution in [0, 0.1) is 0 Å². The Bertz CT molecular complexity index is 58.3. The number of rotatable bonds is 4. The second kappa shape index (κ2) is 23.1. The molecule has 14 heavy (non-hydrogen) atoms. The molecule has 0 aliphatic carbocycles. The molecule has 0 heterocycles. The van der Waals surface area contributed by atoms with Crippen LogP contribution < -0.4 is 0 Å². The number of nitrogens with zero attached hydrogens (tertiary/aromatic N) is 1. The molecule has 0 aliphatic heterocycles. The summed E-state index contributed by atoms with van der Waals surface area (Å²) < 4.78 is 0. The fourth-order valence-corrected chi connectivity index (χ4v) is 0.474. The molecular formula is C13H33N. The molecule has 1 nitrogen and oxygen atoms in total. The molecule has 0 aliphatic rings. The van der Waals surface area contributed by atoms with Gasteiger partial charge in [0.25, 0.3) is 0 Å². The third-order valence-electron chi connectivity index (χ3n) is 1.46. The molecule has 0 amide bonds. The van der Waals surface area contributed by atoms with Crippen LogP contribution >= 0.6 is 0 Å². The van der Waals surface area contributed by atoms with Crippen molar-refractivity contribution in [3.63, 3.8) is 0 Å². The van der Waals surface area contributed by atoms with Crippen molar-refractivity contribution in [2.45, 2.75) is 66.7 Å². The van der Waals surface area contributed by atoms with E-state index in [-0.39, 0.29) is 0 Å². The van der Waals surface area contributed by atoms with Gasteiger partial charge >= 0.3 is 0 Å². The second-order valence-corrected chi connectivity index (χ2v) is 3.86. The number of hydrogen-bond donors (Lipinski definition) is 0. The van der Waals surface area contributed by atoms with E-state index in [0.29, 0.717) is 0 Å². The van der Waals surface area contributed by atoms with Gasteiger partial charge in [-0.1, -0.05) is 60.3 Å². The zero-order valence-corrected chi connectivity index (χ0v) is 11.7. The van der Waals surface area contributed by atoms with Crippen molar-refractivity contribution >= 4 is 0 Å². The van der Waals surface area contributed by atoms with Crippen LogP contribution in [-0.4, -0.2) is 25.5 Å². The molecule has 0 aromatic carbocycles. The van der Waals surface area contributed by atoms with Crippen molar-refractivity contribution in [2.75, 3.05) is 20.6 Å². The number of unbranched alkanes of at least 4 members (excludes halogenated alkanes) is 2. The van der Waals surface area contributed by atoms with Crippen molar-refractivity contribution in [1.82, 2.24) is 4.90 Å². The van der Waals surface area contributed by atoms with Crippen LogP contribution in [0.1, 0.15) is 66.7 Å². The zero-order chi connectivity index (χ0) is 11.8. The molecule has 0 bridgehead atoms. The molecule has 0 spiro atoms. The van der Waals surface area contributed by atoms with Gasteiger partial charge in [-0.3, -0.25) is 0 Å². The monoisotopic (exact) mass is 203 g/mol. The maximum Gasteiger partial charge on any atom is -0.00249 e. The molecule has 0 radical (unpaired) electrons. The lowest BCUT2D eigenvalue weighted by Crippen LogP contribution is -2.12. The predicted molar refractivity (Wildman–Crippen MR) is 70.0 cm³/mol. The van der Waals surface area contributed by atoms with E-state index < -0.39 is 0 Å². The third-order valence-corrected chi connectivity index (χ3v) is 1.46. The van der Waals surface area contributed by atoms with E-state index >= 15 is 0 Å². The molecule has 0 atom stereocenters. The van der Waals surface area contributed by atoms with Crippen LogP contribution in [0.4, 0.5) is 0 Å². The zero-order valence-electron chi connectivity index (χ0n) is 11.7. The quantitative estimate of drug-likeness (QED) is 0.647. The Morgan fingerprint density at radius 2 is 1.07 bits per heavy atom. The van der Waals surface area contributed by atoms with Gasteiger partial charge in [0.05, 0.1) is 0 Å². The first kappa shape index (κ1) is 19.5. The predicted octanol–water partition coefficient (Wildman–Crippen LogP) is 4.57. The summed E-state index contributed by atoms with van der Waals surface area (Å²) >= 11 is 0. The van der Waals surface area contributed by atoms with E-state index in [1.807, 2.05) is 0 Å². The summed E-state index contributed by atoms with van der Waals surface area (Å²) in [6, 6.07) is 0. The molecule has 0 saturated heterocycles. The second-order valence-electron chi connectivity index (χ2n) is 3.86. The van der Waals surface area contributed by atoms with Gasteiger partial charge in [0.15, 0.2) is 0 Å². The van der Waals surface area contributed by atoms with Crippen molar-refractivity contribution in [1.29, 1.82) is 0 Å².